The molecule has 0 atom stereocenters. The highest BCUT2D eigenvalue weighted by Gasteiger charge is 1.94. The molecule has 0 unspecified atom stereocenters. The molecule has 0 N–H and O–H groups in total. The van der Waals surface area contributed by atoms with Crippen LogP contribution in [0.3, 0.4) is 0 Å². The number of carbonyl (C=O) groups excluding carboxylic acids is 1. The Hall–Kier alpha value is -1.51. The number of furan rings is 1. The van der Waals surface area contributed by atoms with E-state index in [1.54, 1.807) is 12.1 Å². The van der Waals surface area contributed by atoms with Gasteiger partial charge in [-0.2, -0.15) is 0 Å². The van der Waals surface area contributed by atoms with Crippen molar-refractivity contribution in [2.75, 3.05) is 7.11 Å². The second-order valence-electron chi connectivity index (χ2n) is 2.30. The van der Waals surface area contributed by atoms with E-state index in [0.29, 0.717) is 5.76 Å². The van der Waals surface area contributed by atoms with Crippen LogP contribution in [-0.2, 0) is 9.53 Å². The lowest BCUT2D eigenvalue weighted by molar-refractivity contribution is -0.134. The summed E-state index contributed by atoms with van der Waals surface area (Å²) in [5, 5.41) is 0. The molecule has 1 aromatic rings. The van der Waals surface area contributed by atoms with Gasteiger partial charge >= 0.3 is 5.97 Å². The van der Waals surface area contributed by atoms with Crippen molar-refractivity contribution in [3.8, 4) is 0 Å². The second kappa shape index (κ2) is 3.76. The molecule has 64 valence electrons. The number of rotatable bonds is 2. The normalized spacial score (nSPS) is 10.5. The molecule has 0 saturated heterocycles. The molecule has 0 aliphatic rings. The summed E-state index contributed by atoms with van der Waals surface area (Å²) in [6, 6.07) is 3.62. The Morgan fingerprint density at radius 3 is 2.83 bits per heavy atom. The van der Waals surface area contributed by atoms with Crippen LogP contribution >= 0.6 is 0 Å². The third-order valence-corrected chi connectivity index (χ3v) is 1.35. The Morgan fingerprint density at radius 2 is 2.33 bits per heavy atom. The monoisotopic (exact) mass is 166 g/mol. The molecule has 0 bridgehead atoms. The van der Waals surface area contributed by atoms with Gasteiger partial charge in [-0.25, -0.2) is 4.79 Å². The lowest BCUT2D eigenvalue weighted by Crippen LogP contribution is -1.92. The average molecular weight is 166 g/mol. The van der Waals surface area contributed by atoms with Crippen LogP contribution in [0.25, 0.3) is 6.08 Å². The Kier molecular flexibility index (Phi) is 2.69. The molecule has 1 aromatic heterocycles. The van der Waals surface area contributed by atoms with Gasteiger partial charge in [-0.1, -0.05) is 0 Å². The maximum atomic E-state index is 10.6. The fraction of sp³-hybridized carbons (Fsp3) is 0.222. The van der Waals surface area contributed by atoms with Gasteiger partial charge in [-0.15, -0.1) is 0 Å². The molecule has 0 aromatic carbocycles. The van der Waals surface area contributed by atoms with Gasteiger partial charge in [0.25, 0.3) is 0 Å². The Labute approximate surface area is 70.6 Å². The smallest absolute Gasteiger partial charge is 0.330 e. The van der Waals surface area contributed by atoms with E-state index in [1.807, 2.05) is 13.0 Å². The summed E-state index contributed by atoms with van der Waals surface area (Å²) in [6.07, 6.45) is 2.89. The zero-order chi connectivity index (χ0) is 8.97. The molecule has 0 saturated carbocycles. The number of hydrogen-bond donors (Lipinski definition) is 0. The van der Waals surface area contributed by atoms with Crippen molar-refractivity contribution in [3.05, 3.63) is 29.7 Å². The topological polar surface area (TPSA) is 39.4 Å². The zero-order valence-corrected chi connectivity index (χ0v) is 7.03. The van der Waals surface area contributed by atoms with Crippen LogP contribution in [0.2, 0.25) is 0 Å². The van der Waals surface area contributed by atoms with Crippen molar-refractivity contribution in [2.45, 2.75) is 6.92 Å². The zero-order valence-electron chi connectivity index (χ0n) is 7.03. The number of esters is 1. The minimum atomic E-state index is -0.385. The Bertz CT molecular complexity index is 296. The van der Waals surface area contributed by atoms with Crippen LogP contribution in [0.1, 0.15) is 11.5 Å². The van der Waals surface area contributed by atoms with Gasteiger partial charge in [-0.3, -0.25) is 0 Å². The predicted molar refractivity (Wildman–Crippen MR) is 44.5 cm³/mol. The van der Waals surface area contributed by atoms with Crippen molar-refractivity contribution < 1.29 is 13.9 Å². The van der Waals surface area contributed by atoms with E-state index in [0.717, 1.165) is 5.76 Å². The van der Waals surface area contributed by atoms with Crippen LogP contribution in [0.5, 0.6) is 0 Å². The molecular weight excluding hydrogens is 156 g/mol. The molecular formula is C9H10O3. The van der Waals surface area contributed by atoms with E-state index in [-0.39, 0.29) is 5.97 Å². The molecule has 3 heteroatoms. The summed E-state index contributed by atoms with van der Waals surface area (Å²) in [6.45, 7) is 1.84. The number of aryl methyl sites for hydroxylation is 1. The van der Waals surface area contributed by atoms with Gasteiger partial charge in [0, 0.05) is 6.08 Å². The summed E-state index contributed by atoms with van der Waals surface area (Å²) < 4.78 is 9.60. The largest absolute Gasteiger partial charge is 0.466 e. The molecule has 0 aliphatic heterocycles. The molecule has 3 nitrogen and oxygen atoms in total. The number of methoxy groups -OCH3 is 1. The van der Waals surface area contributed by atoms with E-state index in [2.05, 4.69) is 4.74 Å². The average Bonchev–Trinajstić information content (AvgIpc) is 2.47. The Balaban J connectivity index is 2.63. The molecule has 0 amide bonds. The fourth-order valence-corrected chi connectivity index (χ4v) is 0.761. The van der Waals surface area contributed by atoms with Gasteiger partial charge in [-0.05, 0) is 25.1 Å². The Morgan fingerprint density at radius 1 is 1.58 bits per heavy atom. The van der Waals surface area contributed by atoms with Crippen molar-refractivity contribution in [2.24, 2.45) is 0 Å². The summed E-state index contributed by atoms with van der Waals surface area (Å²) >= 11 is 0. The fourth-order valence-electron chi connectivity index (χ4n) is 0.761. The standard InChI is InChI=1S/C9H10O3/c1-7-3-4-8(12-7)5-6-9(10)11-2/h3-6H,1-2H3. The van der Waals surface area contributed by atoms with Gasteiger partial charge in [0.05, 0.1) is 7.11 Å². The molecule has 12 heavy (non-hydrogen) atoms. The number of ether oxygens (including phenoxy) is 1. The number of carbonyl (C=O) groups is 1. The van der Waals surface area contributed by atoms with E-state index in [1.165, 1.54) is 13.2 Å². The first-order valence-corrected chi connectivity index (χ1v) is 3.55. The first-order valence-electron chi connectivity index (χ1n) is 3.55. The van der Waals surface area contributed by atoms with Gasteiger partial charge < -0.3 is 9.15 Å². The lowest BCUT2D eigenvalue weighted by Gasteiger charge is -1.87. The minimum absolute atomic E-state index is 0.385. The van der Waals surface area contributed by atoms with Crippen molar-refractivity contribution in [1.29, 1.82) is 0 Å². The van der Waals surface area contributed by atoms with Crippen LogP contribution in [-0.4, -0.2) is 13.1 Å². The lowest BCUT2D eigenvalue weighted by atomic mass is 10.4. The predicted octanol–water partition coefficient (Wildman–Crippen LogP) is 1.77. The van der Waals surface area contributed by atoms with E-state index in [9.17, 15) is 4.79 Å². The molecule has 0 aliphatic carbocycles. The van der Waals surface area contributed by atoms with Crippen molar-refractivity contribution >= 4 is 12.0 Å². The summed E-state index contributed by atoms with van der Waals surface area (Å²) in [4.78, 5) is 10.6. The van der Waals surface area contributed by atoms with Crippen LogP contribution in [0.15, 0.2) is 22.6 Å². The molecule has 0 fully saturated rings. The van der Waals surface area contributed by atoms with Crippen LogP contribution < -0.4 is 0 Å². The molecule has 1 rings (SSSR count). The summed E-state index contributed by atoms with van der Waals surface area (Å²) in [5.74, 6) is 1.08. The third-order valence-electron chi connectivity index (χ3n) is 1.35. The van der Waals surface area contributed by atoms with Crippen LogP contribution in [0, 0.1) is 6.92 Å². The summed E-state index contributed by atoms with van der Waals surface area (Å²) in [5.41, 5.74) is 0. The molecule has 0 radical (unpaired) electrons. The maximum Gasteiger partial charge on any atom is 0.330 e. The second-order valence-corrected chi connectivity index (χ2v) is 2.30. The first kappa shape index (κ1) is 8.59. The van der Waals surface area contributed by atoms with E-state index < -0.39 is 0 Å². The maximum absolute atomic E-state index is 10.6. The van der Waals surface area contributed by atoms with Crippen molar-refractivity contribution in [1.82, 2.24) is 0 Å². The quantitative estimate of drug-likeness (QED) is 0.496. The summed E-state index contributed by atoms with van der Waals surface area (Å²) in [7, 11) is 1.33. The third kappa shape index (κ3) is 2.27. The highest BCUT2D eigenvalue weighted by Crippen LogP contribution is 2.07. The van der Waals surface area contributed by atoms with Crippen molar-refractivity contribution in [3.63, 3.8) is 0 Å². The minimum Gasteiger partial charge on any atom is -0.466 e. The SMILES string of the molecule is COC(=O)C=Cc1ccc(C)o1. The van der Waals surface area contributed by atoms with Gasteiger partial charge in [0.2, 0.25) is 0 Å². The van der Waals surface area contributed by atoms with Crippen LogP contribution in [0.4, 0.5) is 0 Å². The number of hydrogen-bond acceptors (Lipinski definition) is 3. The van der Waals surface area contributed by atoms with E-state index in [4.69, 9.17) is 4.42 Å². The van der Waals surface area contributed by atoms with E-state index >= 15 is 0 Å². The molecule has 1 heterocycles. The highest BCUT2D eigenvalue weighted by atomic mass is 16.5. The first-order chi connectivity index (χ1) is 5.72. The highest BCUT2D eigenvalue weighted by molar-refractivity contribution is 5.86. The van der Waals surface area contributed by atoms with Gasteiger partial charge in [0.1, 0.15) is 11.5 Å². The van der Waals surface area contributed by atoms with Gasteiger partial charge in [0.15, 0.2) is 0 Å². The molecule has 0 spiro atoms.